The van der Waals surface area contributed by atoms with Crippen LogP contribution in [0, 0.1) is 0 Å². The van der Waals surface area contributed by atoms with Crippen LogP contribution in [0.2, 0.25) is 0 Å². The molecule has 0 saturated carbocycles. The Kier molecular flexibility index (Phi) is 3.62. The molecule has 1 atom stereocenters. The number of hydrogen-bond acceptors (Lipinski definition) is 3. The van der Waals surface area contributed by atoms with Crippen molar-refractivity contribution in [3.63, 3.8) is 0 Å². The zero-order chi connectivity index (χ0) is 13.1. The van der Waals surface area contributed by atoms with Gasteiger partial charge in [-0.2, -0.15) is 5.10 Å². The molecule has 0 bridgehead atoms. The lowest BCUT2D eigenvalue weighted by molar-refractivity contribution is 0.151. The van der Waals surface area contributed by atoms with Crippen LogP contribution < -0.4 is 5.32 Å². The highest BCUT2D eigenvalue weighted by atomic mass is 15.3. The maximum atomic E-state index is 4.49. The topological polar surface area (TPSA) is 33.1 Å². The SMILES string of the molecule is Cn1ccc(CN2CCNC[C@H]2c2ccccc2)n1. The summed E-state index contributed by atoms with van der Waals surface area (Å²) in [5, 5.41) is 7.97. The summed E-state index contributed by atoms with van der Waals surface area (Å²) in [4.78, 5) is 2.51. The molecule has 1 aliphatic rings. The van der Waals surface area contributed by atoms with Crippen LogP contribution in [0.25, 0.3) is 0 Å². The molecule has 0 amide bonds. The van der Waals surface area contributed by atoms with Crippen molar-refractivity contribution >= 4 is 0 Å². The fraction of sp³-hybridized carbons (Fsp3) is 0.400. The van der Waals surface area contributed by atoms with Crippen molar-refractivity contribution in [1.82, 2.24) is 20.0 Å². The Labute approximate surface area is 114 Å². The highest BCUT2D eigenvalue weighted by molar-refractivity contribution is 5.20. The second-order valence-corrected chi connectivity index (χ2v) is 5.08. The molecule has 1 aliphatic heterocycles. The lowest BCUT2D eigenvalue weighted by Gasteiger charge is -2.36. The Balaban J connectivity index is 1.77. The molecular formula is C15H20N4. The second kappa shape index (κ2) is 5.55. The van der Waals surface area contributed by atoms with Crippen molar-refractivity contribution in [2.24, 2.45) is 7.05 Å². The van der Waals surface area contributed by atoms with Gasteiger partial charge in [0.05, 0.1) is 5.69 Å². The van der Waals surface area contributed by atoms with E-state index in [0.717, 1.165) is 31.9 Å². The molecule has 100 valence electrons. The number of benzene rings is 1. The first-order valence-corrected chi connectivity index (χ1v) is 6.81. The number of nitrogens with zero attached hydrogens (tertiary/aromatic N) is 3. The predicted octanol–water partition coefficient (Wildman–Crippen LogP) is 1.57. The van der Waals surface area contributed by atoms with Gasteiger partial charge in [0.1, 0.15) is 0 Å². The van der Waals surface area contributed by atoms with E-state index in [9.17, 15) is 0 Å². The first kappa shape index (κ1) is 12.4. The van der Waals surface area contributed by atoms with Crippen molar-refractivity contribution in [1.29, 1.82) is 0 Å². The predicted molar refractivity (Wildman–Crippen MR) is 75.7 cm³/mol. The molecule has 19 heavy (non-hydrogen) atoms. The van der Waals surface area contributed by atoms with Gasteiger partial charge in [-0.05, 0) is 11.6 Å². The largest absolute Gasteiger partial charge is 0.314 e. The second-order valence-electron chi connectivity index (χ2n) is 5.08. The average Bonchev–Trinajstić information content (AvgIpc) is 2.86. The number of piperazine rings is 1. The van der Waals surface area contributed by atoms with E-state index in [4.69, 9.17) is 0 Å². The summed E-state index contributed by atoms with van der Waals surface area (Å²) in [6.07, 6.45) is 2.01. The standard InChI is InChI=1S/C15H20N4/c1-18-9-7-14(17-18)12-19-10-8-16-11-15(19)13-5-3-2-4-6-13/h2-7,9,15-16H,8,10-12H2,1H3/t15-/m0/s1. The van der Waals surface area contributed by atoms with E-state index in [-0.39, 0.29) is 0 Å². The first-order chi connectivity index (χ1) is 9.33. The van der Waals surface area contributed by atoms with Gasteiger partial charge in [0.15, 0.2) is 0 Å². The molecule has 1 saturated heterocycles. The summed E-state index contributed by atoms with van der Waals surface area (Å²) < 4.78 is 1.87. The van der Waals surface area contributed by atoms with Crippen molar-refractivity contribution in [3.8, 4) is 0 Å². The molecule has 0 spiro atoms. The lowest BCUT2D eigenvalue weighted by Crippen LogP contribution is -2.45. The first-order valence-electron chi connectivity index (χ1n) is 6.81. The number of nitrogens with one attached hydrogen (secondary N) is 1. The maximum absolute atomic E-state index is 4.49. The smallest absolute Gasteiger partial charge is 0.0764 e. The van der Waals surface area contributed by atoms with Crippen LogP contribution in [-0.4, -0.2) is 34.3 Å². The Morgan fingerprint density at radius 2 is 2.11 bits per heavy atom. The van der Waals surface area contributed by atoms with Crippen LogP contribution in [0.15, 0.2) is 42.6 Å². The van der Waals surface area contributed by atoms with Gasteiger partial charge in [-0.3, -0.25) is 9.58 Å². The number of aromatic nitrogens is 2. The van der Waals surface area contributed by atoms with E-state index >= 15 is 0 Å². The van der Waals surface area contributed by atoms with Crippen molar-refractivity contribution < 1.29 is 0 Å². The fourth-order valence-electron chi connectivity index (χ4n) is 2.70. The van der Waals surface area contributed by atoms with Gasteiger partial charge in [-0.1, -0.05) is 30.3 Å². The van der Waals surface area contributed by atoms with Crippen LogP contribution in [0.1, 0.15) is 17.3 Å². The quantitative estimate of drug-likeness (QED) is 0.905. The molecular weight excluding hydrogens is 236 g/mol. The molecule has 1 aromatic heterocycles. The monoisotopic (exact) mass is 256 g/mol. The van der Waals surface area contributed by atoms with Crippen LogP contribution >= 0.6 is 0 Å². The summed E-state index contributed by atoms with van der Waals surface area (Å²) in [7, 11) is 1.97. The van der Waals surface area contributed by atoms with E-state index in [1.54, 1.807) is 0 Å². The van der Waals surface area contributed by atoms with Crippen molar-refractivity contribution in [3.05, 3.63) is 53.9 Å². The van der Waals surface area contributed by atoms with Gasteiger partial charge in [0.2, 0.25) is 0 Å². The maximum Gasteiger partial charge on any atom is 0.0764 e. The summed E-state index contributed by atoms with van der Waals surface area (Å²) in [5.41, 5.74) is 2.52. The van der Waals surface area contributed by atoms with E-state index in [1.807, 2.05) is 17.9 Å². The third kappa shape index (κ3) is 2.85. The highest BCUT2D eigenvalue weighted by Crippen LogP contribution is 2.23. The minimum Gasteiger partial charge on any atom is -0.314 e. The van der Waals surface area contributed by atoms with Crippen LogP contribution in [0.3, 0.4) is 0 Å². The van der Waals surface area contributed by atoms with Gasteiger partial charge in [0.25, 0.3) is 0 Å². The molecule has 4 heteroatoms. The molecule has 3 rings (SSSR count). The highest BCUT2D eigenvalue weighted by Gasteiger charge is 2.23. The Morgan fingerprint density at radius 1 is 1.26 bits per heavy atom. The lowest BCUT2D eigenvalue weighted by atomic mass is 10.0. The zero-order valence-corrected chi connectivity index (χ0v) is 11.3. The average molecular weight is 256 g/mol. The van der Waals surface area contributed by atoms with Gasteiger partial charge in [0, 0.05) is 45.5 Å². The van der Waals surface area contributed by atoms with Gasteiger partial charge < -0.3 is 5.32 Å². The van der Waals surface area contributed by atoms with E-state index < -0.39 is 0 Å². The van der Waals surface area contributed by atoms with Gasteiger partial charge >= 0.3 is 0 Å². The molecule has 1 fully saturated rings. The third-order valence-electron chi connectivity index (χ3n) is 3.67. The molecule has 0 radical (unpaired) electrons. The van der Waals surface area contributed by atoms with Crippen molar-refractivity contribution in [2.45, 2.75) is 12.6 Å². The van der Waals surface area contributed by atoms with E-state index in [2.05, 4.69) is 51.7 Å². The van der Waals surface area contributed by atoms with Crippen molar-refractivity contribution in [2.75, 3.05) is 19.6 Å². The summed E-state index contributed by atoms with van der Waals surface area (Å²) in [6.45, 7) is 4.05. The van der Waals surface area contributed by atoms with E-state index in [0.29, 0.717) is 6.04 Å². The number of rotatable bonds is 3. The zero-order valence-electron chi connectivity index (χ0n) is 11.3. The molecule has 2 heterocycles. The van der Waals surface area contributed by atoms with Crippen LogP contribution in [-0.2, 0) is 13.6 Å². The summed E-state index contributed by atoms with van der Waals surface area (Å²) in [5.74, 6) is 0. The van der Waals surface area contributed by atoms with Gasteiger partial charge in [-0.25, -0.2) is 0 Å². The minimum atomic E-state index is 0.442. The van der Waals surface area contributed by atoms with E-state index in [1.165, 1.54) is 5.56 Å². The molecule has 2 aromatic rings. The Bertz CT molecular complexity index is 520. The molecule has 0 unspecified atom stereocenters. The summed E-state index contributed by atoms with van der Waals surface area (Å²) >= 11 is 0. The summed E-state index contributed by atoms with van der Waals surface area (Å²) in [6, 6.07) is 13.3. The molecule has 0 aliphatic carbocycles. The normalized spacial score (nSPS) is 20.6. The minimum absolute atomic E-state index is 0.442. The molecule has 1 aromatic carbocycles. The molecule has 1 N–H and O–H groups in total. The van der Waals surface area contributed by atoms with Crippen LogP contribution in [0.5, 0.6) is 0 Å². The molecule has 4 nitrogen and oxygen atoms in total. The number of hydrogen-bond donors (Lipinski definition) is 1. The Hall–Kier alpha value is -1.65. The van der Waals surface area contributed by atoms with Crippen LogP contribution in [0.4, 0.5) is 0 Å². The fourth-order valence-corrected chi connectivity index (χ4v) is 2.70. The Morgan fingerprint density at radius 3 is 2.84 bits per heavy atom. The number of aryl methyl sites for hydroxylation is 1. The third-order valence-corrected chi connectivity index (χ3v) is 3.67. The van der Waals surface area contributed by atoms with Gasteiger partial charge in [-0.15, -0.1) is 0 Å².